The van der Waals surface area contributed by atoms with Crippen LogP contribution in [0.5, 0.6) is 11.8 Å². The summed E-state index contributed by atoms with van der Waals surface area (Å²) in [6.07, 6.45) is 0. The maximum absolute atomic E-state index is 8.61. The van der Waals surface area contributed by atoms with Gasteiger partial charge in [0, 0.05) is 23.9 Å². The molecule has 0 aliphatic heterocycles. The maximum atomic E-state index is 8.61. The summed E-state index contributed by atoms with van der Waals surface area (Å²) in [7, 11) is 0. The predicted octanol–water partition coefficient (Wildman–Crippen LogP) is 0.901. The van der Waals surface area contributed by atoms with Gasteiger partial charge >= 0.3 is 0 Å². The first-order valence-electron chi connectivity index (χ1n) is 1.97. The molecule has 0 aliphatic rings. The van der Waals surface area contributed by atoms with Crippen molar-refractivity contribution in [2.75, 3.05) is 0 Å². The van der Waals surface area contributed by atoms with Crippen molar-refractivity contribution in [3.05, 3.63) is 12.1 Å². The second-order valence-corrected chi connectivity index (χ2v) is 1.67. The summed E-state index contributed by atoms with van der Waals surface area (Å²) in [4.78, 5) is 0. The molecule has 0 saturated heterocycles. The molecule has 0 fully saturated rings. The molecule has 0 radical (unpaired) electrons. The third-order valence-corrected chi connectivity index (χ3v) is 1.13. The van der Waals surface area contributed by atoms with E-state index in [1.165, 1.54) is 12.1 Å². The summed E-state index contributed by atoms with van der Waals surface area (Å²) in [6, 6.07) is 2.59. The van der Waals surface area contributed by atoms with Gasteiger partial charge in [-0.05, 0) is 0 Å². The molecule has 0 spiro atoms. The van der Waals surface area contributed by atoms with Crippen LogP contribution in [0.4, 0.5) is 0 Å². The fraction of sp³-hybridized carbons (Fsp3) is 0. The highest BCUT2D eigenvalue weighted by molar-refractivity contribution is 6.16. The molecular formula is C4H4ClNO2. The number of halogens is 1. The molecule has 0 unspecified atom stereocenters. The smallest absolute Gasteiger partial charge is 0.209 e. The molecule has 2 N–H and O–H groups in total. The van der Waals surface area contributed by atoms with Crippen LogP contribution < -0.4 is 0 Å². The fourth-order valence-corrected chi connectivity index (χ4v) is 0.510. The molecule has 0 aliphatic carbocycles. The summed E-state index contributed by atoms with van der Waals surface area (Å²) in [5, 5.41) is 17.2. The van der Waals surface area contributed by atoms with E-state index in [-0.39, 0.29) is 11.8 Å². The van der Waals surface area contributed by atoms with Gasteiger partial charge in [-0.2, -0.15) is 4.09 Å². The zero-order valence-corrected chi connectivity index (χ0v) is 4.63. The molecule has 4 heteroatoms. The Bertz CT molecular complexity index is 176. The van der Waals surface area contributed by atoms with Crippen LogP contribution in [0.3, 0.4) is 0 Å². The van der Waals surface area contributed by atoms with Gasteiger partial charge in [-0.15, -0.1) is 0 Å². The molecule has 1 aromatic heterocycles. The molecule has 1 aromatic rings. The number of hydrogen-bond acceptors (Lipinski definition) is 2. The van der Waals surface area contributed by atoms with Crippen LogP contribution in [0.2, 0.25) is 0 Å². The van der Waals surface area contributed by atoms with Crippen molar-refractivity contribution in [2.45, 2.75) is 0 Å². The van der Waals surface area contributed by atoms with Gasteiger partial charge in [0.1, 0.15) is 0 Å². The second kappa shape index (κ2) is 1.59. The first kappa shape index (κ1) is 5.31. The van der Waals surface area contributed by atoms with Gasteiger partial charge in [-0.25, -0.2) is 0 Å². The normalized spacial score (nSPS) is 9.62. The van der Waals surface area contributed by atoms with E-state index in [4.69, 9.17) is 22.0 Å². The van der Waals surface area contributed by atoms with Gasteiger partial charge in [0.05, 0.1) is 0 Å². The summed E-state index contributed by atoms with van der Waals surface area (Å²) < 4.78 is 0.750. The summed E-state index contributed by atoms with van der Waals surface area (Å²) >= 11 is 5.21. The molecule has 3 nitrogen and oxygen atoms in total. The number of aromatic hydroxyl groups is 2. The largest absolute Gasteiger partial charge is 0.494 e. The van der Waals surface area contributed by atoms with Crippen LogP contribution in [-0.2, 0) is 0 Å². The molecule has 0 bridgehead atoms. The Morgan fingerprint density at radius 1 is 1.25 bits per heavy atom. The average Bonchev–Trinajstić information content (AvgIpc) is 1.98. The van der Waals surface area contributed by atoms with E-state index in [1.807, 2.05) is 0 Å². The SMILES string of the molecule is Oc1ccc(O)n1Cl. The third-order valence-electron chi connectivity index (χ3n) is 0.784. The van der Waals surface area contributed by atoms with E-state index in [0.717, 1.165) is 4.09 Å². The first-order chi connectivity index (χ1) is 3.72. The summed E-state index contributed by atoms with van der Waals surface area (Å²) in [5.74, 6) is -0.326. The summed E-state index contributed by atoms with van der Waals surface area (Å²) in [6.45, 7) is 0. The van der Waals surface area contributed by atoms with Crippen LogP contribution >= 0.6 is 11.8 Å². The number of nitrogens with zero attached hydrogens (tertiary/aromatic N) is 1. The Hall–Kier alpha value is -0.830. The van der Waals surface area contributed by atoms with E-state index < -0.39 is 0 Å². The zero-order valence-electron chi connectivity index (χ0n) is 3.87. The van der Waals surface area contributed by atoms with Gasteiger partial charge in [0.25, 0.3) is 0 Å². The average molecular weight is 134 g/mol. The highest BCUT2D eigenvalue weighted by Crippen LogP contribution is 2.21. The van der Waals surface area contributed by atoms with E-state index in [0.29, 0.717) is 0 Å². The quantitative estimate of drug-likeness (QED) is 0.552. The van der Waals surface area contributed by atoms with Crippen LogP contribution in [0, 0.1) is 0 Å². The molecule has 0 aromatic carbocycles. The Labute approximate surface area is 50.9 Å². The Kier molecular flexibility index (Phi) is 1.06. The lowest BCUT2D eigenvalue weighted by Crippen LogP contribution is -1.73. The van der Waals surface area contributed by atoms with E-state index in [1.54, 1.807) is 0 Å². The molecule has 1 heterocycles. The Balaban J connectivity index is 3.19. The molecule has 0 atom stereocenters. The van der Waals surface area contributed by atoms with Crippen molar-refractivity contribution in [1.82, 2.24) is 4.09 Å². The van der Waals surface area contributed by atoms with Crippen LogP contribution in [-0.4, -0.2) is 14.3 Å². The molecular weight excluding hydrogens is 130 g/mol. The van der Waals surface area contributed by atoms with Crippen LogP contribution in [0.1, 0.15) is 0 Å². The fourth-order valence-electron chi connectivity index (χ4n) is 0.397. The summed E-state index contributed by atoms with van der Waals surface area (Å²) in [5.41, 5.74) is 0. The van der Waals surface area contributed by atoms with E-state index in [9.17, 15) is 0 Å². The molecule has 1 rings (SSSR count). The third kappa shape index (κ3) is 0.607. The zero-order chi connectivity index (χ0) is 6.15. The standard InChI is InChI=1S/C4H4ClNO2/c5-6-3(7)1-2-4(6)8/h1-2,7-8H. The van der Waals surface area contributed by atoms with E-state index in [2.05, 4.69) is 0 Å². The molecule has 0 saturated carbocycles. The monoisotopic (exact) mass is 133 g/mol. The highest BCUT2D eigenvalue weighted by atomic mass is 35.5. The van der Waals surface area contributed by atoms with Crippen LogP contribution in [0.15, 0.2) is 12.1 Å². The van der Waals surface area contributed by atoms with Crippen molar-refractivity contribution in [2.24, 2.45) is 0 Å². The van der Waals surface area contributed by atoms with Gasteiger partial charge in [0.15, 0.2) is 0 Å². The van der Waals surface area contributed by atoms with Crippen molar-refractivity contribution in [3.63, 3.8) is 0 Å². The van der Waals surface area contributed by atoms with Crippen molar-refractivity contribution >= 4 is 11.8 Å². The van der Waals surface area contributed by atoms with Crippen LogP contribution in [0.25, 0.3) is 0 Å². The number of hydrogen-bond donors (Lipinski definition) is 2. The maximum Gasteiger partial charge on any atom is 0.209 e. The lowest BCUT2D eigenvalue weighted by atomic mass is 10.6. The Morgan fingerprint density at radius 3 is 1.75 bits per heavy atom. The second-order valence-electron chi connectivity index (χ2n) is 1.33. The van der Waals surface area contributed by atoms with E-state index >= 15 is 0 Å². The molecule has 8 heavy (non-hydrogen) atoms. The minimum absolute atomic E-state index is 0.163. The lowest BCUT2D eigenvalue weighted by molar-refractivity contribution is 0.414. The van der Waals surface area contributed by atoms with Gasteiger partial charge in [-0.3, -0.25) is 0 Å². The number of rotatable bonds is 0. The highest BCUT2D eigenvalue weighted by Gasteiger charge is 1.99. The predicted molar refractivity (Wildman–Crippen MR) is 29.0 cm³/mol. The van der Waals surface area contributed by atoms with Gasteiger partial charge < -0.3 is 10.2 Å². The number of aromatic nitrogens is 1. The van der Waals surface area contributed by atoms with Gasteiger partial charge in [-0.1, -0.05) is 0 Å². The minimum Gasteiger partial charge on any atom is -0.494 e. The lowest BCUT2D eigenvalue weighted by Gasteiger charge is -1.89. The van der Waals surface area contributed by atoms with Crippen molar-refractivity contribution < 1.29 is 10.2 Å². The Morgan fingerprint density at radius 2 is 1.62 bits per heavy atom. The topological polar surface area (TPSA) is 45.4 Å². The molecule has 0 amide bonds. The van der Waals surface area contributed by atoms with Gasteiger partial charge in [0.2, 0.25) is 11.8 Å². The van der Waals surface area contributed by atoms with Crippen molar-refractivity contribution in [1.29, 1.82) is 0 Å². The van der Waals surface area contributed by atoms with Crippen molar-refractivity contribution in [3.8, 4) is 11.8 Å². The minimum atomic E-state index is -0.163. The first-order valence-corrected chi connectivity index (χ1v) is 2.31. The molecule has 44 valence electrons.